The van der Waals surface area contributed by atoms with E-state index in [0.29, 0.717) is 17.6 Å². The maximum absolute atomic E-state index is 11.9. The van der Waals surface area contributed by atoms with E-state index < -0.39 is 0 Å². The smallest absolute Gasteiger partial charge is 0.234 e. The molecular formula is C10H4Br2O2S2. The van der Waals surface area contributed by atoms with Crippen LogP contribution in [0.3, 0.4) is 0 Å². The molecule has 0 fully saturated rings. The molecule has 1 aromatic heterocycles. The highest BCUT2D eigenvalue weighted by Gasteiger charge is 2.39. The molecule has 0 saturated heterocycles. The number of carbonyl (C=O) groups is 2. The van der Waals surface area contributed by atoms with E-state index in [0.717, 1.165) is 13.6 Å². The van der Waals surface area contributed by atoms with Gasteiger partial charge in [-0.3, -0.25) is 9.59 Å². The second-order valence-electron chi connectivity index (χ2n) is 3.49. The number of fused-ring (bicyclic) bond motifs is 2. The van der Waals surface area contributed by atoms with E-state index in [9.17, 15) is 9.59 Å². The fraction of sp³-hybridized carbons (Fsp3) is 0.200. The Balaban J connectivity index is 2.25. The number of hydrogen-bond donors (Lipinski definition) is 0. The fourth-order valence-corrected chi connectivity index (χ4v) is 5.60. The molecule has 0 saturated carbocycles. The second-order valence-corrected chi connectivity index (χ2v) is 8.85. The zero-order chi connectivity index (χ0) is 11.4. The average Bonchev–Trinajstić information content (AvgIpc) is 2.78. The van der Waals surface area contributed by atoms with Gasteiger partial charge in [-0.1, -0.05) is 15.9 Å². The zero-order valence-electron chi connectivity index (χ0n) is 7.75. The third kappa shape index (κ3) is 1.50. The summed E-state index contributed by atoms with van der Waals surface area (Å²) in [5, 5.41) is 0. The van der Waals surface area contributed by atoms with Crippen LogP contribution in [0, 0.1) is 0 Å². The summed E-state index contributed by atoms with van der Waals surface area (Å²) < 4.78 is 1.10. The Morgan fingerprint density at radius 3 is 2.81 bits per heavy atom. The molecule has 0 bridgehead atoms. The Morgan fingerprint density at radius 2 is 2.06 bits per heavy atom. The topological polar surface area (TPSA) is 34.1 Å². The van der Waals surface area contributed by atoms with Gasteiger partial charge in [0, 0.05) is 16.0 Å². The average molecular weight is 380 g/mol. The number of allylic oxidation sites excluding steroid dienone is 1. The van der Waals surface area contributed by atoms with Gasteiger partial charge in [-0.15, -0.1) is 23.1 Å². The molecule has 1 unspecified atom stereocenters. The molecule has 82 valence electrons. The zero-order valence-corrected chi connectivity index (χ0v) is 12.6. The van der Waals surface area contributed by atoms with Crippen LogP contribution >= 0.6 is 55.0 Å². The number of rotatable bonds is 0. The van der Waals surface area contributed by atoms with E-state index in [1.807, 2.05) is 0 Å². The van der Waals surface area contributed by atoms with Crippen LogP contribution in [0.15, 0.2) is 15.4 Å². The largest absolute Gasteiger partial charge is 0.285 e. The highest BCUT2D eigenvalue weighted by Crippen LogP contribution is 2.52. The monoisotopic (exact) mass is 378 g/mol. The standard InChI is InChI=1S/C10H4Br2O2S2/c11-5-1-3-7(13)8(14)4-2-6(12)16-10(4)9(3)15-5/h1,6H,2H2. The van der Waals surface area contributed by atoms with Gasteiger partial charge >= 0.3 is 0 Å². The van der Waals surface area contributed by atoms with E-state index in [4.69, 9.17) is 0 Å². The Morgan fingerprint density at radius 1 is 1.31 bits per heavy atom. The fourth-order valence-electron chi connectivity index (χ4n) is 1.84. The molecule has 0 amide bonds. The van der Waals surface area contributed by atoms with Crippen LogP contribution in [0.1, 0.15) is 21.7 Å². The predicted octanol–water partition coefficient (Wildman–Crippen LogP) is 3.85. The minimum Gasteiger partial charge on any atom is -0.285 e. The molecule has 2 aliphatic rings. The summed E-state index contributed by atoms with van der Waals surface area (Å²) in [6.45, 7) is 0. The normalized spacial score (nSPS) is 23.8. The summed E-state index contributed by atoms with van der Waals surface area (Å²) >= 11 is 9.99. The number of carbonyl (C=O) groups excluding carboxylic acids is 2. The van der Waals surface area contributed by atoms with Gasteiger partial charge in [0.25, 0.3) is 0 Å². The molecule has 6 heteroatoms. The van der Waals surface area contributed by atoms with Crippen molar-refractivity contribution >= 4 is 71.4 Å². The summed E-state index contributed by atoms with van der Waals surface area (Å²) in [6, 6.07) is 1.74. The predicted molar refractivity (Wildman–Crippen MR) is 73.2 cm³/mol. The quantitative estimate of drug-likeness (QED) is 0.507. The van der Waals surface area contributed by atoms with E-state index in [-0.39, 0.29) is 15.7 Å². The van der Waals surface area contributed by atoms with Gasteiger partial charge < -0.3 is 0 Å². The van der Waals surface area contributed by atoms with Gasteiger partial charge in [0.1, 0.15) is 0 Å². The summed E-state index contributed by atoms with van der Waals surface area (Å²) in [4.78, 5) is 25.7. The maximum Gasteiger partial charge on any atom is 0.234 e. The van der Waals surface area contributed by atoms with E-state index in [1.54, 1.807) is 17.8 Å². The van der Waals surface area contributed by atoms with Crippen molar-refractivity contribution in [2.45, 2.75) is 10.6 Å². The van der Waals surface area contributed by atoms with Crippen LogP contribution in [0.4, 0.5) is 0 Å². The number of ketones is 2. The third-order valence-electron chi connectivity index (χ3n) is 2.52. The van der Waals surface area contributed by atoms with Crippen LogP contribution in [0.2, 0.25) is 0 Å². The van der Waals surface area contributed by atoms with Crippen LogP contribution in [-0.2, 0) is 4.79 Å². The first kappa shape index (κ1) is 11.2. The first-order valence-electron chi connectivity index (χ1n) is 4.50. The lowest BCUT2D eigenvalue weighted by Gasteiger charge is -2.10. The van der Waals surface area contributed by atoms with E-state index in [2.05, 4.69) is 31.9 Å². The summed E-state index contributed by atoms with van der Waals surface area (Å²) in [6.07, 6.45) is 0.638. The highest BCUT2D eigenvalue weighted by atomic mass is 79.9. The van der Waals surface area contributed by atoms with Gasteiger partial charge in [-0.25, -0.2) is 0 Å². The van der Waals surface area contributed by atoms with Crippen molar-refractivity contribution < 1.29 is 9.59 Å². The molecule has 1 aliphatic carbocycles. The van der Waals surface area contributed by atoms with Crippen LogP contribution in [0.25, 0.3) is 4.91 Å². The van der Waals surface area contributed by atoms with Gasteiger partial charge in [0.05, 0.1) is 12.8 Å². The molecule has 2 nitrogen and oxygen atoms in total. The van der Waals surface area contributed by atoms with E-state index in [1.165, 1.54) is 11.3 Å². The van der Waals surface area contributed by atoms with Crippen molar-refractivity contribution in [1.29, 1.82) is 0 Å². The number of Topliss-reactive ketones (excluding diaryl/α,β-unsaturated/α-hetero) is 2. The molecular weight excluding hydrogens is 376 g/mol. The molecule has 0 spiro atoms. The summed E-state index contributed by atoms with van der Waals surface area (Å²) in [5.74, 6) is -0.694. The Bertz CT molecular complexity index is 559. The third-order valence-corrected chi connectivity index (χ3v) is 6.30. The van der Waals surface area contributed by atoms with Gasteiger partial charge in [0.15, 0.2) is 0 Å². The molecule has 1 aromatic rings. The van der Waals surface area contributed by atoms with Crippen molar-refractivity contribution in [2.75, 3.05) is 0 Å². The van der Waals surface area contributed by atoms with Gasteiger partial charge in [0.2, 0.25) is 11.6 Å². The van der Waals surface area contributed by atoms with Crippen molar-refractivity contribution in [1.82, 2.24) is 0 Å². The molecule has 1 atom stereocenters. The first-order valence-corrected chi connectivity index (χ1v) is 7.91. The molecule has 0 radical (unpaired) electrons. The number of thioether (sulfide) groups is 1. The number of thiophene rings is 1. The lowest BCUT2D eigenvalue weighted by molar-refractivity contribution is -0.111. The van der Waals surface area contributed by atoms with E-state index >= 15 is 0 Å². The minimum atomic E-state index is -0.363. The van der Waals surface area contributed by atoms with Crippen molar-refractivity contribution in [2.24, 2.45) is 0 Å². The van der Waals surface area contributed by atoms with Gasteiger partial charge in [-0.2, -0.15) is 0 Å². The van der Waals surface area contributed by atoms with Crippen molar-refractivity contribution in [3.05, 3.63) is 25.9 Å². The van der Waals surface area contributed by atoms with Crippen LogP contribution < -0.4 is 0 Å². The first-order chi connectivity index (χ1) is 7.58. The van der Waals surface area contributed by atoms with Crippen LogP contribution in [-0.4, -0.2) is 15.7 Å². The maximum atomic E-state index is 11.9. The molecule has 0 N–H and O–H groups in total. The molecule has 1 aliphatic heterocycles. The SMILES string of the molecule is O=C1C(=O)c2cc(Br)sc2C2=C1CC(Br)S2. The summed E-state index contributed by atoms with van der Waals surface area (Å²) in [5.41, 5.74) is 1.23. The molecule has 16 heavy (non-hydrogen) atoms. The lowest BCUT2D eigenvalue weighted by atomic mass is 9.94. The Labute approximate surface area is 117 Å². The number of alkyl halides is 1. The molecule has 2 heterocycles. The second kappa shape index (κ2) is 3.80. The van der Waals surface area contributed by atoms with Crippen LogP contribution in [0.5, 0.6) is 0 Å². The summed E-state index contributed by atoms with van der Waals surface area (Å²) in [7, 11) is 0. The van der Waals surface area contributed by atoms with Crippen molar-refractivity contribution in [3.63, 3.8) is 0 Å². The minimum absolute atomic E-state index is 0.209. The Kier molecular flexibility index (Phi) is 2.66. The lowest BCUT2D eigenvalue weighted by Crippen LogP contribution is -2.20. The molecule has 3 rings (SSSR count). The number of hydrogen-bond acceptors (Lipinski definition) is 4. The highest BCUT2D eigenvalue weighted by molar-refractivity contribution is 9.11. The van der Waals surface area contributed by atoms with Gasteiger partial charge in [-0.05, 0) is 28.4 Å². The number of halogens is 2. The Hall–Kier alpha value is 0.0900. The molecule has 0 aromatic carbocycles. The van der Waals surface area contributed by atoms with Crippen molar-refractivity contribution in [3.8, 4) is 0 Å².